The fourth-order valence-electron chi connectivity index (χ4n) is 2.54. The van der Waals surface area contributed by atoms with Gasteiger partial charge in [-0.2, -0.15) is 0 Å². The Hall–Kier alpha value is -3.06. The molecule has 0 saturated heterocycles. The van der Waals surface area contributed by atoms with E-state index in [1.54, 1.807) is 18.2 Å². The number of carbonyl (C=O) groups is 1. The maximum absolute atomic E-state index is 12.5. The van der Waals surface area contributed by atoms with Crippen LogP contribution >= 0.6 is 0 Å². The molecule has 2 aromatic carbocycles. The van der Waals surface area contributed by atoms with Crippen LogP contribution in [0.3, 0.4) is 0 Å². The molecule has 3 aromatic rings. The van der Waals surface area contributed by atoms with Crippen LogP contribution in [0.4, 0.5) is 0 Å². The minimum Gasteiger partial charge on any atom is -0.871 e. The molecule has 0 fully saturated rings. The molecule has 0 radical (unpaired) electrons. The van der Waals surface area contributed by atoms with Crippen molar-refractivity contribution in [3.63, 3.8) is 0 Å². The van der Waals surface area contributed by atoms with Crippen LogP contribution in [0, 0.1) is 0 Å². The van der Waals surface area contributed by atoms with E-state index in [2.05, 4.69) is 0 Å². The van der Waals surface area contributed by atoms with Crippen molar-refractivity contribution in [1.29, 1.82) is 0 Å². The first-order valence-electron chi connectivity index (χ1n) is 7.26. The lowest BCUT2D eigenvalue weighted by molar-refractivity contribution is -0.267. The fraction of sp³-hybridized carbons (Fsp3) is 0.0556. The molecular weight excluding hydrogens is 344 g/mol. The number of benzene rings is 2. The predicted octanol–water partition coefficient (Wildman–Crippen LogP) is 2.69. The predicted molar refractivity (Wildman–Crippen MR) is 87.9 cm³/mol. The van der Waals surface area contributed by atoms with E-state index in [9.17, 15) is 23.4 Å². The van der Waals surface area contributed by atoms with Gasteiger partial charge < -0.3 is 14.6 Å². The SMILES string of the molecule is O=C(O)c1c(CS(=O)(=O)c2ccccc2)ccc(-c2ccoc2)c1[O-]. The van der Waals surface area contributed by atoms with Gasteiger partial charge in [-0.05, 0) is 29.3 Å². The highest BCUT2D eigenvalue weighted by atomic mass is 32.2. The van der Waals surface area contributed by atoms with Crippen LogP contribution in [-0.2, 0) is 15.6 Å². The molecule has 0 spiro atoms. The molecule has 0 unspecified atom stereocenters. The topological polar surface area (TPSA) is 108 Å². The molecule has 0 aliphatic carbocycles. The lowest BCUT2D eigenvalue weighted by Crippen LogP contribution is -2.13. The van der Waals surface area contributed by atoms with E-state index in [1.807, 2.05) is 0 Å². The molecule has 6 nitrogen and oxygen atoms in total. The zero-order valence-corrected chi connectivity index (χ0v) is 13.7. The van der Waals surface area contributed by atoms with Gasteiger partial charge >= 0.3 is 5.97 Å². The smallest absolute Gasteiger partial charge is 0.335 e. The number of furan rings is 1. The minimum atomic E-state index is -3.77. The Morgan fingerprint density at radius 3 is 2.40 bits per heavy atom. The third-order valence-electron chi connectivity index (χ3n) is 3.74. The molecule has 0 saturated carbocycles. The summed E-state index contributed by atoms with van der Waals surface area (Å²) in [7, 11) is -3.77. The summed E-state index contributed by atoms with van der Waals surface area (Å²) in [5.74, 6) is -2.78. The van der Waals surface area contributed by atoms with Crippen molar-refractivity contribution in [1.82, 2.24) is 0 Å². The Morgan fingerprint density at radius 2 is 1.80 bits per heavy atom. The second kappa shape index (κ2) is 6.45. The molecule has 0 aliphatic heterocycles. The average Bonchev–Trinajstić information content (AvgIpc) is 3.09. The largest absolute Gasteiger partial charge is 0.871 e. The van der Waals surface area contributed by atoms with Crippen molar-refractivity contribution >= 4 is 15.8 Å². The summed E-state index contributed by atoms with van der Waals surface area (Å²) in [6, 6.07) is 12.0. The number of carboxylic acid groups (broad SMARTS) is 1. The van der Waals surface area contributed by atoms with E-state index in [0.717, 1.165) is 0 Å². The summed E-state index contributed by atoms with van der Waals surface area (Å²) in [4.78, 5) is 11.6. The van der Waals surface area contributed by atoms with Crippen molar-refractivity contribution in [3.8, 4) is 16.9 Å². The Kier molecular flexibility index (Phi) is 4.33. The summed E-state index contributed by atoms with van der Waals surface area (Å²) in [5.41, 5.74) is -0.0104. The van der Waals surface area contributed by atoms with Gasteiger partial charge in [0.05, 0.1) is 28.7 Å². The lowest BCUT2D eigenvalue weighted by Gasteiger charge is -2.19. The number of rotatable bonds is 5. The molecule has 1 aromatic heterocycles. The van der Waals surface area contributed by atoms with Gasteiger partial charge in [-0.1, -0.05) is 36.1 Å². The molecule has 0 amide bonds. The molecule has 0 atom stereocenters. The third-order valence-corrected chi connectivity index (χ3v) is 5.42. The normalized spacial score (nSPS) is 11.4. The summed E-state index contributed by atoms with van der Waals surface area (Å²) in [6.07, 6.45) is 2.69. The standard InChI is InChI=1S/C18H14O6S/c19-17-15(12-8-9-24-10-12)7-6-13(16(17)18(20)21)11-25(22,23)14-4-2-1-3-5-14/h1-10,19H,11H2,(H,20,21)/p-1. The van der Waals surface area contributed by atoms with Crippen LogP contribution in [-0.4, -0.2) is 19.5 Å². The first-order valence-corrected chi connectivity index (χ1v) is 8.92. The van der Waals surface area contributed by atoms with Crippen LogP contribution < -0.4 is 5.11 Å². The molecule has 25 heavy (non-hydrogen) atoms. The summed E-state index contributed by atoms with van der Waals surface area (Å²) in [6.45, 7) is 0. The highest BCUT2D eigenvalue weighted by Gasteiger charge is 2.21. The Balaban J connectivity index is 2.08. The molecule has 3 rings (SSSR count). The molecule has 1 N–H and O–H groups in total. The van der Waals surface area contributed by atoms with Crippen molar-refractivity contribution in [2.24, 2.45) is 0 Å². The van der Waals surface area contributed by atoms with Gasteiger partial charge in [0, 0.05) is 5.56 Å². The van der Waals surface area contributed by atoms with Gasteiger partial charge in [0.1, 0.15) is 0 Å². The van der Waals surface area contributed by atoms with Gasteiger partial charge in [0.2, 0.25) is 0 Å². The molecular formula is C18H13O6S-. The molecule has 1 heterocycles. The van der Waals surface area contributed by atoms with Crippen LogP contribution in [0.5, 0.6) is 5.75 Å². The lowest BCUT2D eigenvalue weighted by atomic mass is 9.99. The van der Waals surface area contributed by atoms with E-state index >= 15 is 0 Å². The second-order valence-electron chi connectivity index (χ2n) is 5.37. The number of aromatic carboxylic acids is 1. The number of hydrogen-bond donors (Lipinski definition) is 1. The molecule has 0 bridgehead atoms. The molecule has 0 aliphatic rings. The first-order chi connectivity index (χ1) is 11.9. The summed E-state index contributed by atoms with van der Waals surface area (Å²) < 4.78 is 29.9. The zero-order chi connectivity index (χ0) is 18.0. The van der Waals surface area contributed by atoms with Gasteiger partial charge in [-0.25, -0.2) is 13.2 Å². The Morgan fingerprint density at radius 1 is 1.08 bits per heavy atom. The van der Waals surface area contributed by atoms with Crippen molar-refractivity contribution in [3.05, 3.63) is 72.2 Å². The van der Waals surface area contributed by atoms with E-state index < -0.39 is 32.9 Å². The number of carboxylic acids is 1. The van der Waals surface area contributed by atoms with Crippen LogP contribution in [0.15, 0.2) is 70.4 Å². The maximum Gasteiger partial charge on any atom is 0.335 e. The van der Waals surface area contributed by atoms with Crippen LogP contribution in [0.25, 0.3) is 11.1 Å². The van der Waals surface area contributed by atoms with Crippen molar-refractivity contribution in [2.45, 2.75) is 10.6 Å². The van der Waals surface area contributed by atoms with Gasteiger partial charge in [-0.15, -0.1) is 0 Å². The van der Waals surface area contributed by atoms with Gasteiger partial charge in [0.15, 0.2) is 9.84 Å². The van der Waals surface area contributed by atoms with Crippen molar-refractivity contribution in [2.75, 3.05) is 0 Å². The van der Waals surface area contributed by atoms with E-state index in [1.165, 1.54) is 42.9 Å². The third kappa shape index (κ3) is 3.27. The number of sulfone groups is 1. The van der Waals surface area contributed by atoms with Gasteiger partial charge in [0.25, 0.3) is 0 Å². The molecule has 128 valence electrons. The second-order valence-corrected chi connectivity index (χ2v) is 7.36. The summed E-state index contributed by atoms with van der Waals surface area (Å²) in [5, 5.41) is 22.0. The van der Waals surface area contributed by atoms with E-state index in [-0.39, 0.29) is 16.0 Å². The van der Waals surface area contributed by atoms with Gasteiger partial charge in [-0.3, -0.25) is 0 Å². The summed E-state index contributed by atoms with van der Waals surface area (Å²) >= 11 is 0. The zero-order valence-electron chi connectivity index (χ0n) is 12.9. The minimum absolute atomic E-state index is 0.0476. The highest BCUT2D eigenvalue weighted by Crippen LogP contribution is 2.33. The fourth-order valence-corrected chi connectivity index (χ4v) is 3.93. The van der Waals surface area contributed by atoms with E-state index in [0.29, 0.717) is 5.56 Å². The quantitative estimate of drug-likeness (QED) is 0.752. The Bertz CT molecular complexity index is 1010. The van der Waals surface area contributed by atoms with Crippen LogP contribution in [0.2, 0.25) is 0 Å². The van der Waals surface area contributed by atoms with Crippen LogP contribution in [0.1, 0.15) is 15.9 Å². The highest BCUT2D eigenvalue weighted by molar-refractivity contribution is 7.90. The van der Waals surface area contributed by atoms with Crippen molar-refractivity contribution < 1.29 is 27.8 Å². The molecule has 7 heteroatoms. The monoisotopic (exact) mass is 357 g/mol. The number of hydrogen-bond acceptors (Lipinski definition) is 5. The average molecular weight is 357 g/mol. The Labute approximate surface area is 143 Å². The first kappa shape index (κ1) is 16.8. The maximum atomic E-state index is 12.5. The van der Waals surface area contributed by atoms with E-state index in [4.69, 9.17) is 4.42 Å².